The molecule has 0 amide bonds. The van der Waals surface area contributed by atoms with Gasteiger partial charge in [-0.1, -0.05) is 91.0 Å². The van der Waals surface area contributed by atoms with Crippen molar-refractivity contribution in [1.82, 2.24) is 19.6 Å². The van der Waals surface area contributed by atoms with Gasteiger partial charge < -0.3 is 19.6 Å². The van der Waals surface area contributed by atoms with Crippen LogP contribution in [0.15, 0.2) is 91.0 Å². The van der Waals surface area contributed by atoms with Crippen LogP contribution >= 0.6 is 0 Å². The summed E-state index contributed by atoms with van der Waals surface area (Å²) in [6, 6.07) is 30.8. The lowest BCUT2D eigenvalue weighted by molar-refractivity contribution is -0.146. The van der Waals surface area contributed by atoms with E-state index in [-0.39, 0.29) is 25.7 Å². The Bertz CT molecular complexity index is 1210. The predicted molar refractivity (Wildman–Crippen MR) is 170 cm³/mol. The van der Waals surface area contributed by atoms with Crippen LogP contribution in [0.5, 0.6) is 0 Å². The molecule has 3 aromatic carbocycles. The molecule has 3 aromatic rings. The summed E-state index contributed by atoms with van der Waals surface area (Å²) >= 11 is 0. The molecule has 0 radical (unpaired) electrons. The Morgan fingerprint density at radius 1 is 0.535 bits per heavy atom. The van der Waals surface area contributed by atoms with Crippen molar-refractivity contribution >= 4 is 11.9 Å². The maximum absolute atomic E-state index is 12.9. The molecule has 0 aromatic heterocycles. The number of benzene rings is 3. The van der Waals surface area contributed by atoms with Gasteiger partial charge in [-0.2, -0.15) is 0 Å². The summed E-state index contributed by atoms with van der Waals surface area (Å²) in [7, 11) is 0. The lowest BCUT2D eigenvalue weighted by Crippen LogP contribution is -2.48. The van der Waals surface area contributed by atoms with Crippen LogP contribution in [0.3, 0.4) is 0 Å². The van der Waals surface area contributed by atoms with Gasteiger partial charge in [-0.15, -0.1) is 0 Å². The number of rotatable bonds is 12. The molecule has 0 bridgehead atoms. The first-order valence-corrected chi connectivity index (χ1v) is 15.4. The summed E-state index contributed by atoms with van der Waals surface area (Å²) in [6.07, 6.45) is 1.93. The number of carbonyl (C=O) groups excluding carboxylic acids is 1. The number of aliphatic carboxylic acids is 1. The molecule has 0 saturated carbocycles. The Labute approximate surface area is 256 Å². The molecule has 1 aliphatic heterocycles. The standard InChI is InChI=1S/C35H46N4O4/c40-34(41)28-38-24-22-36(18-16-31-10-4-1-5-11-31)20-21-37(19-17-32-12-6-2-7-13-32)23-25-39(27-26-38)29-35(42)43-30-33-14-8-3-9-15-33/h1-15H,16-30H2,(H,40,41). The number of ether oxygens (including phenoxy) is 1. The van der Waals surface area contributed by atoms with E-state index in [9.17, 15) is 14.7 Å². The molecule has 1 aliphatic rings. The fourth-order valence-corrected chi connectivity index (χ4v) is 5.36. The van der Waals surface area contributed by atoms with Crippen LogP contribution in [0.2, 0.25) is 0 Å². The molecular weight excluding hydrogens is 540 g/mol. The van der Waals surface area contributed by atoms with Crippen LogP contribution in [0.4, 0.5) is 0 Å². The van der Waals surface area contributed by atoms with E-state index in [1.165, 1.54) is 11.1 Å². The summed E-state index contributed by atoms with van der Waals surface area (Å²) in [4.78, 5) is 33.6. The molecule has 0 unspecified atom stereocenters. The summed E-state index contributed by atoms with van der Waals surface area (Å²) in [5.74, 6) is -1.09. The smallest absolute Gasteiger partial charge is 0.320 e. The Morgan fingerprint density at radius 3 is 1.33 bits per heavy atom. The van der Waals surface area contributed by atoms with Crippen LogP contribution in [0.1, 0.15) is 16.7 Å². The SMILES string of the molecule is O=C(O)CN1CCN(CCc2ccccc2)CCN(CCc2ccccc2)CCN(CC(=O)OCc2ccccc2)CC1. The van der Waals surface area contributed by atoms with E-state index in [0.29, 0.717) is 26.2 Å². The fraction of sp³-hybridized carbons (Fsp3) is 0.429. The van der Waals surface area contributed by atoms with Crippen LogP contribution in [0, 0.1) is 0 Å². The number of nitrogens with zero attached hydrogens (tertiary/aromatic N) is 4. The first-order chi connectivity index (χ1) is 21.0. The zero-order valence-corrected chi connectivity index (χ0v) is 25.2. The first-order valence-electron chi connectivity index (χ1n) is 15.4. The van der Waals surface area contributed by atoms with Crippen molar-refractivity contribution in [2.24, 2.45) is 0 Å². The van der Waals surface area contributed by atoms with Gasteiger partial charge in [-0.05, 0) is 29.5 Å². The minimum Gasteiger partial charge on any atom is -0.480 e. The third kappa shape index (κ3) is 12.7. The van der Waals surface area contributed by atoms with Crippen LogP contribution in [-0.2, 0) is 33.8 Å². The van der Waals surface area contributed by atoms with Crippen molar-refractivity contribution in [3.8, 4) is 0 Å². The minimum absolute atomic E-state index is 0.0119. The predicted octanol–water partition coefficient (Wildman–Crippen LogP) is 3.52. The van der Waals surface area contributed by atoms with Gasteiger partial charge in [0.2, 0.25) is 0 Å². The number of hydrogen-bond donors (Lipinski definition) is 1. The minimum atomic E-state index is -0.830. The van der Waals surface area contributed by atoms with Gasteiger partial charge in [0.05, 0.1) is 13.1 Å². The topological polar surface area (TPSA) is 76.6 Å². The molecule has 43 heavy (non-hydrogen) atoms. The summed E-state index contributed by atoms with van der Waals surface area (Å²) in [6.45, 7) is 8.28. The highest BCUT2D eigenvalue weighted by Gasteiger charge is 2.20. The molecule has 4 rings (SSSR count). The zero-order valence-electron chi connectivity index (χ0n) is 25.2. The highest BCUT2D eigenvalue weighted by molar-refractivity contribution is 5.71. The number of carboxylic acids is 1. The fourth-order valence-electron chi connectivity index (χ4n) is 5.36. The van der Waals surface area contributed by atoms with E-state index in [0.717, 1.165) is 57.7 Å². The van der Waals surface area contributed by atoms with Crippen LogP contribution in [-0.4, -0.2) is 115 Å². The average Bonchev–Trinajstić information content (AvgIpc) is 3.03. The summed E-state index contributed by atoms with van der Waals surface area (Å²) in [5, 5.41) is 9.60. The Hall–Kier alpha value is -3.56. The second-order valence-electron chi connectivity index (χ2n) is 11.2. The Kier molecular flexibility index (Phi) is 13.7. The normalized spacial score (nSPS) is 16.7. The second-order valence-corrected chi connectivity index (χ2v) is 11.2. The van der Waals surface area contributed by atoms with Crippen LogP contribution in [0.25, 0.3) is 0 Å². The summed E-state index contributed by atoms with van der Waals surface area (Å²) < 4.78 is 5.60. The molecule has 1 saturated heterocycles. The van der Waals surface area contributed by atoms with E-state index in [1.807, 2.05) is 47.4 Å². The van der Waals surface area contributed by atoms with Crippen molar-refractivity contribution in [2.75, 3.05) is 78.5 Å². The van der Waals surface area contributed by atoms with Crippen molar-refractivity contribution in [1.29, 1.82) is 0 Å². The van der Waals surface area contributed by atoms with Gasteiger partial charge in [-0.3, -0.25) is 19.4 Å². The Balaban J connectivity index is 1.42. The lowest BCUT2D eigenvalue weighted by atomic mass is 10.1. The molecule has 0 atom stereocenters. The maximum Gasteiger partial charge on any atom is 0.320 e. The van der Waals surface area contributed by atoms with E-state index in [1.54, 1.807) is 0 Å². The van der Waals surface area contributed by atoms with Crippen molar-refractivity contribution < 1.29 is 19.4 Å². The van der Waals surface area contributed by atoms with Crippen molar-refractivity contribution in [2.45, 2.75) is 19.4 Å². The van der Waals surface area contributed by atoms with Gasteiger partial charge in [0.1, 0.15) is 6.61 Å². The Morgan fingerprint density at radius 2 is 0.907 bits per heavy atom. The average molecular weight is 587 g/mol. The molecule has 230 valence electrons. The largest absolute Gasteiger partial charge is 0.480 e. The molecule has 1 N–H and O–H groups in total. The molecule has 8 heteroatoms. The number of hydrogen-bond acceptors (Lipinski definition) is 7. The van der Waals surface area contributed by atoms with E-state index >= 15 is 0 Å². The van der Waals surface area contributed by atoms with Gasteiger partial charge in [0, 0.05) is 65.4 Å². The van der Waals surface area contributed by atoms with Gasteiger partial charge in [-0.25, -0.2) is 0 Å². The third-order valence-corrected chi connectivity index (χ3v) is 8.00. The second kappa shape index (κ2) is 18.2. The van der Waals surface area contributed by atoms with Gasteiger partial charge in [0.25, 0.3) is 0 Å². The molecule has 0 spiro atoms. The molecular formula is C35H46N4O4. The van der Waals surface area contributed by atoms with Crippen molar-refractivity contribution in [3.63, 3.8) is 0 Å². The third-order valence-electron chi connectivity index (χ3n) is 8.00. The maximum atomic E-state index is 12.9. The monoisotopic (exact) mass is 586 g/mol. The van der Waals surface area contributed by atoms with Gasteiger partial charge >= 0.3 is 11.9 Å². The number of carbonyl (C=O) groups is 2. The van der Waals surface area contributed by atoms with E-state index in [2.05, 4.69) is 63.2 Å². The van der Waals surface area contributed by atoms with Crippen LogP contribution < -0.4 is 0 Å². The molecule has 1 fully saturated rings. The highest BCUT2D eigenvalue weighted by atomic mass is 16.5. The molecule has 0 aliphatic carbocycles. The summed E-state index contributed by atoms with van der Waals surface area (Å²) in [5.41, 5.74) is 3.59. The lowest BCUT2D eigenvalue weighted by Gasteiger charge is -2.33. The van der Waals surface area contributed by atoms with Crippen molar-refractivity contribution in [3.05, 3.63) is 108 Å². The number of carboxylic acid groups (broad SMARTS) is 1. The van der Waals surface area contributed by atoms with E-state index < -0.39 is 5.97 Å². The zero-order chi connectivity index (χ0) is 30.1. The quantitative estimate of drug-likeness (QED) is 0.323. The van der Waals surface area contributed by atoms with Gasteiger partial charge in [0.15, 0.2) is 0 Å². The highest BCUT2D eigenvalue weighted by Crippen LogP contribution is 2.08. The molecule has 8 nitrogen and oxygen atoms in total. The molecule has 1 heterocycles. The first kappa shape index (κ1) is 32.4. The van der Waals surface area contributed by atoms with E-state index in [4.69, 9.17) is 4.74 Å². The number of esters is 1.